The first-order valence-electron chi connectivity index (χ1n) is 6.36. The molecular formula is C13H19FN4O. The molecule has 2 rings (SSSR count). The second kappa shape index (κ2) is 5.99. The third kappa shape index (κ3) is 3.02. The molecule has 1 fully saturated rings. The summed E-state index contributed by atoms with van der Waals surface area (Å²) in [5, 5.41) is 0. The van der Waals surface area contributed by atoms with Crippen LogP contribution in [0.5, 0.6) is 0 Å². The van der Waals surface area contributed by atoms with E-state index in [1.54, 1.807) is 11.0 Å². The lowest BCUT2D eigenvalue weighted by Gasteiger charge is -2.22. The molecule has 1 saturated heterocycles. The van der Waals surface area contributed by atoms with E-state index in [-0.39, 0.29) is 17.2 Å². The fraction of sp³-hybridized carbons (Fsp3) is 0.462. The highest BCUT2D eigenvalue weighted by Crippen LogP contribution is 2.21. The van der Waals surface area contributed by atoms with Crippen LogP contribution in [0.25, 0.3) is 0 Å². The average molecular weight is 266 g/mol. The first-order chi connectivity index (χ1) is 9.13. The molecule has 104 valence electrons. The van der Waals surface area contributed by atoms with Crippen LogP contribution in [0.15, 0.2) is 18.2 Å². The normalized spacial score (nSPS) is 17.1. The second-order valence-corrected chi connectivity index (χ2v) is 4.76. The maximum atomic E-state index is 13.6. The Morgan fingerprint density at radius 1 is 1.32 bits per heavy atom. The molecule has 0 aliphatic carbocycles. The van der Waals surface area contributed by atoms with Gasteiger partial charge in [-0.1, -0.05) is 6.07 Å². The number of rotatable bonds is 2. The number of carbonyl (C=O) groups excluding carboxylic acids is 1. The molecule has 0 atom stereocenters. The minimum atomic E-state index is -0.514. The molecule has 1 aromatic rings. The predicted octanol–water partition coefficient (Wildman–Crippen LogP) is 0.889. The highest BCUT2D eigenvalue weighted by atomic mass is 19.1. The highest BCUT2D eigenvalue weighted by molar-refractivity contribution is 5.99. The molecule has 1 aliphatic rings. The van der Waals surface area contributed by atoms with E-state index in [1.807, 2.05) is 7.05 Å². The molecule has 1 aliphatic heterocycles. The summed E-state index contributed by atoms with van der Waals surface area (Å²) < 4.78 is 13.6. The van der Waals surface area contributed by atoms with Gasteiger partial charge in [0.15, 0.2) is 0 Å². The average Bonchev–Trinajstić information content (AvgIpc) is 2.62. The number of hydrazine groups is 1. The fourth-order valence-corrected chi connectivity index (χ4v) is 2.27. The van der Waals surface area contributed by atoms with Crippen molar-refractivity contribution in [3.05, 3.63) is 29.6 Å². The summed E-state index contributed by atoms with van der Waals surface area (Å²) in [5.74, 6) is 4.61. The van der Waals surface area contributed by atoms with E-state index in [4.69, 9.17) is 5.84 Å². The largest absolute Gasteiger partial charge is 0.337 e. The van der Waals surface area contributed by atoms with Crippen LogP contribution in [0.1, 0.15) is 16.8 Å². The number of hydrogen-bond acceptors (Lipinski definition) is 4. The van der Waals surface area contributed by atoms with Crippen LogP contribution in [-0.4, -0.2) is 48.9 Å². The number of likely N-dealkylation sites (N-methyl/N-ethyl adjacent to an activating group) is 1. The molecule has 0 unspecified atom stereocenters. The summed E-state index contributed by atoms with van der Waals surface area (Å²) >= 11 is 0. The molecule has 0 saturated carbocycles. The first-order valence-corrected chi connectivity index (χ1v) is 6.36. The molecule has 1 amide bonds. The Hall–Kier alpha value is -1.66. The van der Waals surface area contributed by atoms with Crippen molar-refractivity contribution in [3.8, 4) is 0 Å². The zero-order valence-corrected chi connectivity index (χ0v) is 11.0. The summed E-state index contributed by atoms with van der Waals surface area (Å²) in [6, 6.07) is 4.39. The van der Waals surface area contributed by atoms with Gasteiger partial charge in [-0.25, -0.2) is 4.39 Å². The summed E-state index contributed by atoms with van der Waals surface area (Å²) in [6.45, 7) is 3.13. The third-order valence-electron chi connectivity index (χ3n) is 3.40. The lowest BCUT2D eigenvalue weighted by atomic mass is 10.1. The second-order valence-electron chi connectivity index (χ2n) is 4.76. The van der Waals surface area contributed by atoms with E-state index in [1.165, 1.54) is 12.1 Å². The zero-order valence-electron chi connectivity index (χ0n) is 11.0. The van der Waals surface area contributed by atoms with Crippen molar-refractivity contribution in [1.29, 1.82) is 0 Å². The minimum absolute atomic E-state index is 0.0603. The van der Waals surface area contributed by atoms with E-state index < -0.39 is 5.82 Å². The van der Waals surface area contributed by atoms with E-state index in [0.29, 0.717) is 13.1 Å². The molecule has 1 aromatic carbocycles. The molecule has 0 radical (unpaired) electrons. The number of nitrogen functional groups attached to an aromatic ring is 1. The van der Waals surface area contributed by atoms with Crippen molar-refractivity contribution >= 4 is 11.6 Å². The van der Waals surface area contributed by atoms with E-state index in [0.717, 1.165) is 19.5 Å². The zero-order chi connectivity index (χ0) is 13.8. The third-order valence-corrected chi connectivity index (χ3v) is 3.40. The number of amides is 1. The number of hydrogen-bond donors (Lipinski definition) is 2. The number of nitrogens with two attached hydrogens (primary N) is 1. The van der Waals surface area contributed by atoms with Crippen LogP contribution in [0.4, 0.5) is 10.1 Å². The lowest BCUT2D eigenvalue weighted by molar-refractivity contribution is 0.0763. The van der Waals surface area contributed by atoms with Crippen molar-refractivity contribution < 1.29 is 9.18 Å². The molecular weight excluding hydrogens is 247 g/mol. The fourth-order valence-electron chi connectivity index (χ4n) is 2.27. The van der Waals surface area contributed by atoms with E-state index in [2.05, 4.69) is 10.3 Å². The lowest BCUT2D eigenvalue weighted by Crippen LogP contribution is -2.35. The SMILES string of the molecule is CN1CCCN(C(=O)c2cccc(F)c2NN)CC1. The van der Waals surface area contributed by atoms with Gasteiger partial charge in [0.25, 0.3) is 5.91 Å². The van der Waals surface area contributed by atoms with Gasteiger partial charge in [-0.3, -0.25) is 10.6 Å². The van der Waals surface area contributed by atoms with Gasteiger partial charge >= 0.3 is 0 Å². The molecule has 0 spiro atoms. The van der Waals surface area contributed by atoms with Crippen molar-refractivity contribution in [2.45, 2.75) is 6.42 Å². The monoisotopic (exact) mass is 266 g/mol. The molecule has 1 heterocycles. The number of benzene rings is 1. The summed E-state index contributed by atoms with van der Waals surface area (Å²) in [5.41, 5.74) is 2.62. The Morgan fingerprint density at radius 2 is 2.11 bits per heavy atom. The highest BCUT2D eigenvalue weighted by Gasteiger charge is 2.22. The van der Waals surface area contributed by atoms with Gasteiger partial charge in [-0.15, -0.1) is 0 Å². The van der Waals surface area contributed by atoms with E-state index in [9.17, 15) is 9.18 Å². The van der Waals surface area contributed by atoms with Crippen molar-refractivity contribution in [1.82, 2.24) is 9.80 Å². The molecule has 19 heavy (non-hydrogen) atoms. The Labute approximate surface area is 112 Å². The van der Waals surface area contributed by atoms with Crippen molar-refractivity contribution in [3.63, 3.8) is 0 Å². The van der Waals surface area contributed by atoms with Gasteiger partial charge < -0.3 is 15.2 Å². The number of halogens is 1. The number of nitrogens with zero attached hydrogens (tertiary/aromatic N) is 2. The van der Waals surface area contributed by atoms with Crippen LogP contribution in [0.2, 0.25) is 0 Å². The predicted molar refractivity (Wildman–Crippen MR) is 72.2 cm³/mol. The number of carbonyl (C=O) groups is 1. The number of para-hydroxylation sites is 1. The van der Waals surface area contributed by atoms with Crippen LogP contribution < -0.4 is 11.3 Å². The number of anilines is 1. The Balaban J connectivity index is 2.21. The molecule has 0 bridgehead atoms. The van der Waals surface area contributed by atoms with Gasteiger partial charge in [0.1, 0.15) is 5.82 Å². The van der Waals surface area contributed by atoms with Crippen LogP contribution >= 0.6 is 0 Å². The van der Waals surface area contributed by atoms with E-state index >= 15 is 0 Å². The summed E-state index contributed by atoms with van der Waals surface area (Å²) in [4.78, 5) is 16.4. The van der Waals surface area contributed by atoms with Gasteiger partial charge in [-0.05, 0) is 32.1 Å². The van der Waals surface area contributed by atoms with Crippen LogP contribution in [-0.2, 0) is 0 Å². The standard InChI is InChI=1S/C13H19FN4O/c1-17-6-3-7-18(9-8-17)13(19)10-4-2-5-11(14)12(10)16-15/h2,4-5,16H,3,6-9,15H2,1H3. The Bertz CT molecular complexity index is 466. The van der Waals surface area contributed by atoms with Crippen molar-refractivity contribution in [2.75, 3.05) is 38.7 Å². The van der Waals surface area contributed by atoms with Gasteiger partial charge in [0, 0.05) is 19.6 Å². The van der Waals surface area contributed by atoms with Crippen LogP contribution in [0, 0.1) is 5.82 Å². The Kier molecular flexibility index (Phi) is 4.34. The smallest absolute Gasteiger partial charge is 0.256 e. The van der Waals surface area contributed by atoms with Gasteiger partial charge in [0.2, 0.25) is 0 Å². The molecule has 5 nitrogen and oxygen atoms in total. The quantitative estimate of drug-likeness (QED) is 0.616. The Morgan fingerprint density at radius 3 is 2.84 bits per heavy atom. The maximum absolute atomic E-state index is 13.6. The first kappa shape index (κ1) is 13.8. The molecule has 6 heteroatoms. The summed E-state index contributed by atoms with van der Waals surface area (Å²) in [6.07, 6.45) is 0.920. The minimum Gasteiger partial charge on any atom is -0.337 e. The maximum Gasteiger partial charge on any atom is 0.256 e. The number of nitrogens with one attached hydrogen (secondary N) is 1. The van der Waals surface area contributed by atoms with Crippen molar-refractivity contribution in [2.24, 2.45) is 5.84 Å². The topological polar surface area (TPSA) is 61.6 Å². The van der Waals surface area contributed by atoms with Gasteiger partial charge in [-0.2, -0.15) is 0 Å². The molecule has 3 N–H and O–H groups in total. The summed E-state index contributed by atoms with van der Waals surface area (Å²) in [7, 11) is 2.03. The van der Waals surface area contributed by atoms with Gasteiger partial charge in [0.05, 0.1) is 11.3 Å². The van der Waals surface area contributed by atoms with Crippen LogP contribution in [0.3, 0.4) is 0 Å². The molecule has 0 aromatic heterocycles.